The van der Waals surface area contributed by atoms with Crippen LogP contribution in [0.3, 0.4) is 0 Å². The highest BCUT2D eigenvalue weighted by Crippen LogP contribution is 2.38. The number of anilines is 1. The van der Waals surface area contributed by atoms with Crippen LogP contribution in [0.15, 0.2) is 36.9 Å². The second-order valence-electron chi connectivity index (χ2n) is 7.23. The number of rotatable bonds is 4. The standard InChI is InChI=1S/C19H24N2O3/c1-4-19(2,3)18-13(11-21-15(22)9-10-16(21)23)17(24)12-7-5-6-8-14(12)20-18/h4-8,13,15,18,20,22H,1,9-11H2,2-3H3. The Morgan fingerprint density at radius 2 is 2.08 bits per heavy atom. The van der Waals surface area contributed by atoms with Gasteiger partial charge in [-0.05, 0) is 12.1 Å². The molecule has 0 spiro atoms. The minimum absolute atomic E-state index is 0.0103. The van der Waals surface area contributed by atoms with Gasteiger partial charge in [0.1, 0.15) is 6.23 Å². The number of fused-ring (bicyclic) bond motifs is 1. The van der Waals surface area contributed by atoms with E-state index in [1.54, 1.807) is 6.07 Å². The first-order valence-corrected chi connectivity index (χ1v) is 8.36. The number of carbonyl (C=O) groups excluding carboxylic acids is 2. The fourth-order valence-corrected chi connectivity index (χ4v) is 3.62. The smallest absolute Gasteiger partial charge is 0.224 e. The first-order valence-electron chi connectivity index (χ1n) is 8.36. The molecule has 0 bridgehead atoms. The quantitative estimate of drug-likeness (QED) is 0.833. The normalized spacial score (nSPS) is 27.0. The molecule has 5 heteroatoms. The molecule has 0 radical (unpaired) electrons. The van der Waals surface area contributed by atoms with E-state index in [-0.39, 0.29) is 29.7 Å². The summed E-state index contributed by atoms with van der Waals surface area (Å²) in [6.07, 6.45) is 1.80. The van der Waals surface area contributed by atoms with Gasteiger partial charge < -0.3 is 15.3 Å². The van der Waals surface area contributed by atoms with Gasteiger partial charge in [-0.3, -0.25) is 9.59 Å². The summed E-state index contributed by atoms with van der Waals surface area (Å²) in [7, 11) is 0. The Bertz CT molecular complexity index is 683. The van der Waals surface area contributed by atoms with E-state index < -0.39 is 12.1 Å². The summed E-state index contributed by atoms with van der Waals surface area (Å²) in [5.41, 5.74) is 1.11. The number of likely N-dealkylation sites (tertiary alicyclic amines) is 1. The van der Waals surface area contributed by atoms with Crippen molar-refractivity contribution in [2.24, 2.45) is 11.3 Å². The number of hydrogen-bond donors (Lipinski definition) is 2. The molecule has 3 unspecified atom stereocenters. The van der Waals surface area contributed by atoms with E-state index in [0.717, 1.165) is 5.69 Å². The summed E-state index contributed by atoms with van der Waals surface area (Å²) in [6, 6.07) is 7.23. The fourth-order valence-electron chi connectivity index (χ4n) is 3.62. The molecular formula is C19H24N2O3. The molecule has 1 fully saturated rings. The van der Waals surface area contributed by atoms with E-state index in [1.807, 2.05) is 38.1 Å². The van der Waals surface area contributed by atoms with Crippen LogP contribution in [0.2, 0.25) is 0 Å². The average molecular weight is 328 g/mol. The van der Waals surface area contributed by atoms with Crippen LogP contribution in [0.5, 0.6) is 0 Å². The number of nitrogens with one attached hydrogen (secondary N) is 1. The van der Waals surface area contributed by atoms with Gasteiger partial charge in [-0.25, -0.2) is 0 Å². The zero-order valence-electron chi connectivity index (χ0n) is 14.2. The predicted molar refractivity (Wildman–Crippen MR) is 92.6 cm³/mol. The van der Waals surface area contributed by atoms with Crippen LogP contribution in [-0.4, -0.2) is 40.5 Å². The minimum atomic E-state index is -0.796. The molecule has 2 aliphatic rings. The van der Waals surface area contributed by atoms with E-state index in [9.17, 15) is 14.7 Å². The highest BCUT2D eigenvalue weighted by Gasteiger charge is 2.44. The van der Waals surface area contributed by atoms with Crippen molar-refractivity contribution in [2.45, 2.75) is 39.0 Å². The minimum Gasteiger partial charge on any atom is -0.380 e. The number of carbonyl (C=O) groups is 2. The Morgan fingerprint density at radius 3 is 2.71 bits per heavy atom. The largest absolute Gasteiger partial charge is 0.380 e. The summed E-state index contributed by atoms with van der Waals surface area (Å²) in [6.45, 7) is 8.17. The van der Waals surface area contributed by atoms with Gasteiger partial charge >= 0.3 is 0 Å². The zero-order valence-corrected chi connectivity index (χ0v) is 14.2. The van der Waals surface area contributed by atoms with E-state index in [1.165, 1.54) is 4.90 Å². The molecule has 1 aromatic carbocycles. The van der Waals surface area contributed by atoms with Gasteiger partial charge in [-0.2, -0.15) is 0 Å². The molecule has 5 nitrogen and oxygen atoms in total. The van der Waals surface area contributed by atoms with E-state index >= 15 is 0 Å². The van der Waals surface area contributed by atoms with Gasteiger partial charge in [0.25, 0.3) is 0 Å². The van der Waals surface area contributed by atoms with Crippen LogP contribution in [0.4, 0.5) is 5.69 Å². The highest BCUT2D eigenvalue weighted by atomic mass is 16.3. The summed E-state index contributed by atoms with van der Waals surface area (Å²) in [4.78, 5) is 26.6. The lowest BCUT2D eigenvalue weighted by atomic mass is 9.72. The second-order valence-corrected chi connectivity index (χ2v) is 7.23. The molecule has 2 aliphatic heterocycles. The third-order valence-corrected chi connectivity index (χ3v) is 5.26. The zero-order chi connectivity index (χ0) is 17.5. The third kappa shape index (κ3) is 2.73. The number of aliphatic hydroxyl groups is 1. The SMILES string of the molecule is C=CC(C)(C)C1Nc2ccccc2C(=O)C1CN1C(=O)CCC1O. The molecule has 24 heavy (non-hydrogen) atoms. The average Bonchev–Trinajstić information content (AvgIpc) is 2.88. The maximum absolute atomic E-state index is 13.1. The number of Topliss-reactive ketones (excluding diaryl/α,β-unsaturated/α-hetero) is 1. The van der Waals surface area contributed by atoms with Crippen LogP contribution < -0.4 is 5.32 Å². The Balaban J connectivity index is 1.98. The van der Waals surface area contributed by atoms with Crippen LogP contribution >= 0.6 is 0 Å². The van der Waals surface area contributed by atoms with Gasteiger partial charge in [0.15, 0.2) is 5.78 Å². The monoisotopic (exact) mass is 328 g/mol. The van der Waals surface area contributed by atoms with Crippen molar-refractivity contribution in [3.05, 3.63) is 42.5 Å². The van der Waals surface area contributed by atoms with Crippen molar-refractivity contribution in [1.29, 1.82) is 0 Å². The molecule has 3 rings (SSSR count). The summed E-state index contributed by atoms with van der Waals surface area (Å²) in [5, 5.41) is 13.5. The van der Waals surface area contributed by atoms with Gasteiger partial charge in [0.05, 0.1) is 5.92 Å². The number of nitrogens with zero attached hydrogens (tertiary/aromatic N) is 1. The number of hydrogen-bond acceptors (Lipinski definition) is 4. The molecule has 3 atom stereocenters. The summed E-state index contributed by atoms with van der Waals surface area (Å²) < 4.78 is 0. The molecule has 1 amide bonds. The van der Waals surface area contributed by atoms with Gasteiger partial charge in [0.2, 0.25) is 5.91 Å². The Labute approximate surface area is 142 Å². The van der Waals surface area contributed by atoms with Crippen LogP contribution in [0.25, 0.3) is 0 Å². The number of benzene rings is 1. The molecule has 128 valence electrons. The van der Waals surface area contributed by atoms with E-state index in [2.05, 4.69) is 11.9 Å². The lowest BCUT2D eigenvalue weighted by molar-refractivity contribution is -0.133. The van der Waals surface area contributed by atoms with Crippen LogP contribution in [0.1, 0.15) is 37.0 Å². The number of aliphatic hydroxyl groups excluding tert-OH is 1. The van der Waals surface area contributed by atoms with E-state index in [4.69, 9.17) is 0 Å². The molecule has 2 N–H and O–H groups in total. The number of amides is 1. The van der Waals surface area contributed by atoms with E-state index in [0.29, 0.717) is 18.4 Å². The molecule has 0 aliphatic carbocycles. The molecule has 1 aromatic rings. The van der Waals surface area contributed by atoms with Crippen LogP contribution in [-0.2, 0) is 4.79 Å². The second kappa shape index (κ2) is 6.06. The van der Waals surface area contributed by atoms with Crippen molar-refractivity contribution in [2.75, 3.05) is 11.9 Å². The van der Waals surface area contributed by atoms with Crippen LogP contribution in [0, 0.1) is 11.3 Å². The van der Waals surface area contributed by atoms with Crippen molar-refractivity contribution in [3.8, 4) is 0 Å². The Hall–Kier alpha value is -2.14. The Kier molecular flexibility index (Phi) is 4.22. The maximum Gasteiger partial charge on any atom is 0.224 e. The fraction of sp³-hybridized carbons (Fsp3) is 0.474. The molecule has 0 aromatic heterocycles. The van der Waals surface area contributed by atoms with Gasteiger partial charge in [0, 0.05) is 42.1 Å². The van der Waals surface area contributed by atoms with Crippen molar-refractivity contribution in [1.82, 2.24) is 4.90 Å². The van der Waals surface area contributed by atoms with Crippen molar-refractivity contribution < 1.29 is 14.7 Å². The van der Waals surface area contributed by atoms with Gasteiger partial charge in [-0.1, -0.05) is 32.1 Å². The first-order chi connectivity index (χ1) is 11.3. The lowest BCUT2D eigenvalue weighted by Gasteiger charge is -2.43. The first kappa shape index (κ1) is 16.7. The number of ketones is 1. The molecular weight excluding hydrogens is 304 g/mol. The summed E-state index contributed by atoms with van der Waals surface area (Å²) >= 11 is 0. The third-order valence-electron chi connectivity index (χ3n) is 5.26. The summed E-state index contributed by atoms with van der Waals surface area (Å²) in [5.74, 6) is -0.509. The Morgan fingerprint density at radius 1 is 1.38 bits per heavy atom. The van der Waals surface area contributed by atoms with Gasteiger partial charge in [-0.15, -0.1) is 6.58 Å². The van der Waals surface area contributed by atoms with Crippen molar-refractivity contribution in [3.63, 3.8) is 0 Å². The lowest BCUT2D eigenvalue weighted by Crippen LogP contribution is -2.53. The topological polar surface area (TPSA) is 69.6 Å². The predicted octanol–water partition coefficient (Wildman–Crippen LogP) is 2.43. The molecule has 0 saturated carbocycles. The number of para-hydroxylation sites is 1. The van der Waals surface area contributed by atoms with Crippen molar-refractivity contribution >= 4 is 17.4 Å². The highest BCUT2D eigenvalue weighted by molar-refractivity contribution is 6.05. The molecule has 2 heterocycles. The maximum atomic E-state index is 13.1. The molecule has 1 saturated heterocycles.